The third kappa shape index (κ3) is 3.67. The highest BCUT2D eigenvalue weighted by molar-refractivity contribution is 9.10. The maximum Gasteiger partial charge on any atom is 0.254 e. The van der Waals surface area contributed by atoms with E-state index in [1.807, 2.05) is 24.3 Å². The zero-order valence-corrected chi connectivity index (χ0v) is 13.9. The second-order valence-electron chi connectivity index (χ2n) is 4.41. The third-order valence-electron chi connectivity index (χ3n) is 2.82. The number of carbonyl (C=O) groups excluding carboxylic acids is 1. The molecule has 0 aliphatic carbocycles. The van der Waals surface area contributed by atoms with Crippen molar-refractivity contribution in [2.45, 2.75) is 6.54 Å². The van der Waals surface area contributed by atoms with Crippen LogP contribution in [0.2, 0.25) is 0 Å². The van der Waals surface area contributed by atoms with E-state index in [1.165, 1.54) is 12.1 Å². The molecule has 2 nitrogen and oxygen atoms in total. The number of nitrogens with zero attached hydrogens (tertiary/aromatic N) is 1. The van der Waals surface area contributed by atoms with E-state index < -0.39 is 5.82 Å². The van der Waals surface area contributed by atoms with E-state index in [2.05, 4.69) is 31.9 Å². The molecule has 0 spiro atoms. The van der Waals surface area contributed by atoms with Crippen LogP contribution in [0.15, 0.2) is 51.4 Å². The highest BCUT2D eigenvalue weighted by Gasteiger charge is 2.14. The molecule has 0 atom stereocenters. The molecule has 0 bridgehead atoms. The largest absolute Gasteiger partial charge is 0.337 e. The highest BCUT2D eigenvalue weighted by Crippen LogP contribution is 2.20. The smallest absolute Gasteiger partial charge is 0.254 e. The molecule has 2 rings (SSSR count). The van der Waals surface area contributed by atoms with Gasteiger partial charge in [-0.2, -0.15) is 0 Å². The third-order valence-corrected chi connectivity index (χ3v) is 4.05. The van der Waals surface area contributed by atoms with E-state index in [9.17, 15) is 9.18 Å². The lowest BCUT2D eigenvalue weighted by atomic mass is 10.1. The molecule has 20 heavy (non-hydrogen) atoms. The molecule has 0 radical (unpaired) electrons. The minimum Gasteiger partial charge on any atom is -0.337 e. The van der Waals surface area contributed by atoms with Gasteiger partial charge in [-0.1, -0.05) is 50.1 Å². The Morgan fingerprint density at radius 1 is 1.20 bits per heavy atom. The SMILES string of the molecule is CN(Cc1ccccc1Br)C(=O)c1cc(F)cc(Br)c1. The number of hydrogen-bond donors (Lipinski definition) is 0. The Kier molecular flexibility index (Phi) is 4.94. The van der Waals surface area contributed by atoms with Crippen molar-refractivity contribution in [1.82, 2.24) is 4.90 Å². The summed E-state index contributed by atoms with van der Waals surface area (Å²) in [6.07, 6.45) is 0. The van der Waals surface area contributed by atoms with Crippen LogP contribution in [0.5, 0.6) is 0 Å². The summed E-state index contributed by atoms with van der Waals surface area (Å²) in [6.45, 7) is 0.453. The molecule has 2 aromatic carbocycles. The molecule has 0 heterocycles. The number of carbonyl (C=O) groups is 1. The van der Waals surface area contributed by atoms with Crippen molar-refractivity contribution in [3.8, 4) is 0 Å². The summed E-state index contributed by atoms with van der Waals surface area (Å²) in [5.74, 6) is -0.655. The normalized spacial score (nSPS) is 10.4. The summed E-state index contributed by atoms with van der Waals surface area (Å²) in [5, 5.41) is 0. The first-order chi connectivity index (χ1) is 9.47. The molecular formula is C15H12Br2FNO. The van der Waals surface area contributed by atoms with E-state index in [0.717, 1.165) is 10.0 Å². The number of rotatable bonds is 3. The molecule has 0 aromatic heterocycles. The Morgan fingerprint density at radius 3 is 2.55 bits per heavy atom. The Morgan fingerprint density at radius 2 is 1.90 bits per heavy atom. The van der Waals surface area contributed by atoms with Gasteiger partial charge in [0.25, 0.3) is 5.91 Å². The first-order valence-electron chi connectivity index (χ1n) is 5.92. The molecule has 0 aliphatic rings. The van der Waals surface area contributed by atoms with Crippen LogP contribution in [0.1, 0.15) is 15.9 Å². The minimum atomic E-state index is -0.433. The van der Waals surface area contributed by atoms with Crippen molar-refractivity contribution in [2.75, 3.05) is 7.05 Å². The van der Waals surface area contributed by atoms with Gasteiger partial charge in [-0.05, 0) is 29.8 Å². The van der Waals surface area contributed by atoms with Crippen LogP contribution < -0.4 is 0 Å². The Bertz CT molecular complexity index is 625. The van der Waals surface area contributed by atoms with Gasteiger partial charge in [0, 0.05) is 28.1 Å². The quantitative estimate of drug-likeness (QED) is 0.735. The standard InChI is InChI=1S/C15H12Br2FNO/c1-19(9-10-4-2-3-5-14(10)17)15(20)11-6-12(16)8-13(18)7-11/h2-8H,9H2,1H3. The van der Waals surface area contributed by atoms with E-state index in [0.29, 0.717) is 16.6 Å². The summed E-state index contributed by atoms with van der Waals surface area (Å²) in [4.78, 5) is 13.8. The van der Waals surface area contributed by atoms with Crippen LogP contribution in [0.4, 0.5) is 4.39 Å². The number of hydrogen-bond acceptors (Lipinski definition) is 1. The first-order valence-corrected chi connectivity index (χ1v) is 7.51. The zero-order valence-electron chi connectivity index (χ0n) is 10.7. The van der Waals surface area contributed by atoms with Gasteiger partial charge in [0.2, 0.25) is 0 Å². The van der Waals surface area contributed by atoms with Crippen molar-refractivity contribution >= 4 is 37.8 Å². The van der Waals surface area contributed by atoms with Crippen LogP contribution >= 0.6 is 31.9 Å². The predicted octanol–water partition coefficient (Wildman–Crippen LogP) is 4.62. The fourth-order valence-corrected chi connectivity index (χ4v) is 2.73. The van der Waals surface area contributed by atoms with Gasteiger partial charge in [0.1, 0.15) is 5.82 Å². The molecule has 2 aromatic rings. The summed E-state index contributed by atoms with van der Waals surface area (Å²) in [5.41, 5.74) is 1.32. The van der Waals surface area contributed by atoms with Crippen LogP contribution in [-0.4, -0.2) is 17.9 Å². The molecular weight excluding hydrogens is 389 g/mol. The lowest BCUT2D eigenvalue weighted by Crippen LogP contribution is -2.26. The van der Waals surface area contributed by atoms with Crippen molar-refractivity contribution < 1.29 is 9.18 Å². The molecule has 5 heteroatoms. The fourth-order valence-electron chi connectivity index (χ4n) is 1.85. The Labute approximate surface area is 133 Å². The fraction of sp³-hybridized carbons (Fsp3) is 0.133. The van der Waals surface area contributed by atoms with Crippen LogP contribution in [0, 0.1) is 5.82 Å². The second kappa shape index (κ2) is 6.50. The van der Waals surface area contributed by atoms with Gasteiger partial charge in [0.15, 0.2) is 0 Å². The molecule has 0 fully saturated rings. The van der Waals surface area contributed by atoms with Crippen LogP contribution in [0.25, 0.3) is 0 Å². The van der Waals surface area contributed by atoms with E-state index in [1.54, 1.807) is 18.0 Å². The molecule has 0 unspecified atom stereocenters. The van der Waals surface area contributed by atoms with Gasteiger partial charge in [-0.15, -0.1) is 0 Å². The van der Waals surface area contributed by atoms with Crippen molar-refractivity contribution in [1.29, 1.82) is 0 Å². The summed E-state index contributed by atoms with van der Waals surface area (Å²) >= 11 is 6.64. The van der Waals surface area contributed by atoms with Gasteiger partial charge >= 0.3 is 0 Å². The van der Waals surface area contributed by atoms with Crippen molar-refractivity contribution in [3.63, 3.8) is 0 Å². The van der Waals surface area contributed by atoms with Gasteiger partial charge < -0.3 is 4.90 Å². The maximum absolute atomic E-state index is 13.3. The molecule has 0 saturated heterocycles. The minimum absolute atomic E-state index is 0.221. The van der Waals surface area contributed by atoms with Crippen LogP contribution in [0.3, 0.4) is 0 Å². The number of benzene rings is 2. The van der Waals surface area contributed by atoms with E-state index in [4.69, 9.17) is 0 Å². The molecule has 104 valence electrons. The average molecular weight is 401 g/mol. The molecule has 0 aliphatic heterocycles. The lowest BCUT2D eigenvalue weighted by molar-refractivity contribution is 0.0784. The molecule has 0 saturated carbocycles. The topological polar surface area (TPSA) is 20.3 Å². The van der Waals surface area contributed by atoms with E-state index >= 15 is 0 Å². The van der Waals surface area contributed by atoms with Crippen LogP contribution in [-0.2, 0) is 6.54 Å². The van der Waals surface area contributed by atoms with Gasteiger partial charge in [-0.3, -0.25) is 4.79 Å². The Balaban J connectivity index is 2.18. The Hall–Kier alpha value is -1.20. The lowest BCUT2D eigenvalue weighted by Gasteiger charge is -2.18. The van der Waals surface area contributed by atoms with Crippen molar-refractivity contribution in [3.05, 3.63) is 68.4 Å². The number of amides is 1. The van der Waals surface area contributed by atoms with E-state index in [-0.39, 0.29) is 5.91 Å². The average Bonchev–Trinajstić information content (AvgIpc) is 2.39. The first kappa shape index (κ1) is 15.2. The molecule has 0 N–H and O–H groups in total. The zero-order chi connectivity index (χ0) is 14.7. The van der Waals surface area contributed by atoms with Crippen molar-refractivity contribution in [2.24, 2.45) is 0 Å². The molecule has 1 amide bonds. The predicted molar refractivity (Wildman–Crippen MR) is 84.0 cm³/mol. The second-order valence-corrected chi connectivity index (χ2v) is 6.18. The summed E-state index contributed by atoms with van der Waals surface area (Å²) in [7, 11) is 1.70. The highest BCUT2D eigenvalue weighted by atomic mass is 79.9. The maximum atomic E-state index is 13.3. The summed E-state index contributed by atoms with van der Waals surface area (Å²) < 4.78 is 14.8. The van der Waals surface area contributed by atoms with Gasteiger partial charge in [-0.25, -0.2) is 4.39 Å². The summed E-state index contributed by atoms with van der Waals surface area (Å²) in [6, 6.07) is 11.9. The monoisotopic (exact) mass is 399 g/mol. The number of halogens is 3. The van der Waals surface area contributed by atoms with Gasteiger partial charge in [0.05, 0.1) is 0 Å².